The lowest BCUT2D eigenvalue weighted by Gasteiger charge is -2.22. The maximum atomic E-state index is 12.8. The van der Waals surface area contributed by atoms with Gasteiger partial charge in [-0.2, -0.15) is 0 Å². The molecule has 3 aliphatic heterocycles. The zero-order valence-electron chi connectivity index (χ0n) is 16.3. The van der Waals surface area contributed by atoms with Gasteiger partial charge in [0.1, 0.15) is 19.8 Å². The molecule has 9 nitrogen and oxygen atoms in total. The molecule has 3 amide bonds. The molecule has 2 aromatic carbocycles. The minimum absolute atomic E-state index is 0.00440. The maximum absolute atomic E-state index is 12.8. The van der Waals surface area contributed by atoms with Crippen molar-refractivity contribution in [1.82, 2.24) is 10.2 Å². The van der Waals surface area contributed by atoms with Crippen LogP contribution in [0, 0.1) is 0 Å². The number of ether oxygens (including phenoxy) is 4. The van der Waals surface area contributed by atoms with Gasteiger partial charge in [0, 0.05) is 31.4 Å². The summed E-state index contributed by atoms with van der Waals surface area (Å²) in [7, 11) is 0. The van der Waals surface area contributed by atoms with Gasteiger partial charge in [0.15, 0.2) is 23.0 Å². The highest BCUT2D eigenvalue weighted by atomic mass is 16.7. The van der Waals surface area contributed by atoms with E-state index in [1.54, 1.807) is 17.0 Å². The van der Waals surface area contributed by atoms with Gasteiger partial charge in [-0.15, -0.1) is 0 Å². The zero-order chi connectivity index (χ0) is 20.5. The molecule has 3 aliphatic rings. The summed E-state index contributed by atoms with van der Waals surface area (Å²) in [5.74, 6) is 2.46. The number of hydrogen-bond donors (Lipinski definition) is 1. The molecule has 0 saturated carbocycles. The van der Waals surface area contributed by atoms with Crippen molar-refractivity contribution in [3.63, 3.8) is 0 Å². The van der Waals surface area contributed by atoms with Crippen molar-refractivity contribution < 1.29 is 28.5 Å². The second-order valence-corrected chi connectivity index (χ2v) is 7.15. The van der Waals surface area contributed by atoms with Gasteiger partial charge < -0.3 is 29.2 Å². The van der Waals surface area contributed by atoms with Gasteiger partial charge in [-0.25, -0.2) is 4.79 Å². The number of nitrogens with one attached hydrogen (secondary N) is 1. The Kier molecular flexibility index (Phi) is 4.70. The number of urea groups is 1. The molecule has 0 aromatic heterocycles. The average Bonchev–Trinajstić information content (AvgIpc) is 3.38. The lowest BCUT2D eigenvalue weighted by atomic mass is 10.2. The molecule has 9 heteroatoms. The van der Waals surface area contributed by atoms with Crippen molar-refractivity contribution in [3.05, 3.63) is 42.0 Å². The van der Waals surface area contributed by atoms with Crippen LogP contribution in [-0.4, -0.2) is 56.5 Å². The zero-order valence-corrected chi connectivity index (χ0v) is 16.3. The molecule has 0 atom stereocenters. The predicted octanol–water partition coefficient (Wildman–Crippen LogP) is 1.74. The first-order chi connectivity index (χ1) is 14.7. The molecule has 2 aromatic rings. The molecule has 0 radical (unpaired) electrons. The van der Waals surface area contributed by atoms with Crippen LogP contribution < -0.4 is 29.2 Å². The molecule has 0 aliphatic carbocycles. The van der Waals surface area contributed by atoms with E-state index in [2.05, 4.69) is 5.32 Å². The van der Waals surface area contributed by atoms with E-state index in [9.17, 15) is 9.59 Å². The van der Waals surface area contributed by atoms with E-state index >= 15 is 0 Å². The van der Waals surface area contributed by atoms with Gasteiger partial charge in [0.25, 0.3) is 0 Å². The molecule has 1 fully saturated rings. The second-order valence-electron chi connectivity index (χ2n) is 7.15. The van der Waals surface area contributed by atoms with E-state index in [-0.39, 0.29) is 25.3 Å². The number of amides is 3. The summed E-state index contributed by atoms with van der Waals surface area (Å²) in [4.78, 5) is 28.3. The fourth-order valence-corrected chi connectivity index (χ4v) is 3.65. The highest BCUT2D eigenvalue weighted by Gasteiger charge is 2.31. The predicted molar refractivity (Wildman–Crippen MR) is 106 cm³/mol. The lowest BCUT2D eigenvalue weighted by Crippen LogP contribution is -2.39. The monoisotopic (exact) mass is 411 g/mol. The Morgan fingerprint density at radius 1 is 0.900 bits per heavy atom. The van der Waals surface area contributed by atoms with E-state index in [0.29, 0.717) is 55.8 Å². The van der Waals surface area contributed by atoms with E-state index in [1.807, 2.05) is 24.3 Å². The van der Waals surface area contributed by atoms with E-state index in [0.717, 1.165) is 11.3 Å². The first-order valence-corrected chi connectivity index (χ1v) is 9.79. The number of rotatable bonds is 5. The van der Waals surface area contributed by atoms with Gasteiger partial charge >= 0.3 is 6.03 Å². The average molecular weight is 411 g/mol. The first kappa shape index (κ1) is 18.4. The fraction of sp³-hybridized carbons (Fsp3) is 0.333. The van der Waals surface area contributed by atoms with Crippen LogP contribution in [-0.2, 0) is 11.3 Å². The number of hydrogen-bond acceptors (Lipinski definition) is 6. The van der Waals surface area contributed by atoms with Crippen LogP contribution in [0.1, 0.15) is 5.56 Å². The molecule has 0 unspecified atom stereocenters. The summed E-state index contributed by atoms with van der Waals surface area (Å²) < 4.78 is 21.7. The summed E-state index contributed by atoms with van der Waals surface area (Å²) in [5.41, 5.74) is 1.63. The number of benzene rings is 2. The number of carbonyl (C=O) groups is 2. The number of fused-ring (bicyclic) bond motifs is 2. The Morgan fingerprint density at radius 3 is 2.53 bits per heavy atom. The SMILES string of the molecule is O=C(CN1CCN(c2ccc3c(c2)OCCO3)C1=O)NCc1ccc2c(c1)OCO2. The van der Waals surface area contributed by atoms with E-state index < -0.39 is 0 Å². The molecule has 1 N–H and O–H groups in total. The van der Waals surface area contributed by atoms with Crippen LogP contribution in [0.3, 0.4) is 0 Å². The smallest absolute Gasteiger partial charge is 0.325 e. The van der Waals surface area contributed by atoms with Gasteiger partial charge in [-0.3, -0.25) is 9.69 Å². The number of anilines is 1. The first-order valence-electron chi connectivity index (χ1n) is 9.79. The van der Waals surface area contributed by atoms with Crippen LogP contribution in [0.25, 0.3) is 0 Å². The third kappa shape index (κ3) is 3.54. The summed E-state index contributed by atoms with van der Waals surface area (Å²) in [6.45, 7) is 2.55. The molecule has 156 valence electrons. The van der Waals surface area contributed by atoms with Crippen LogP contribution in [0.5, 0.6) is 23.0 Å². The van der Waals surface area contributed by atoms with E-state index in [4.69, 9.17) is 18.9 Å². The van der Waals surface area contributed by atoms with Gasteiger partial charge in [0.2, 0.25) is 12.7 Å². The maximum Gasteiger partial charge on any atom is 0.325 e. The van der Waals surface area contributed by atoms with E-state index in [1.165, 1.54) is 4.90 Å². The third-order valence-electron chi connectivity index (χ3n) is 5.19. The molecule has 30 heavy (non-hydrogen) atoms. The van der Waals surface area contributed by atoms with Crippen LogP contribution >= 0.6 is 0 Å². The molecule has 1 saturated heterocycles. The van der Waals surface area contributed by atoms with Crippen LogP contribution in [0.2, 0.25) is 0 Å². The molecule has 0 spiro atoms. The highest BCUT2D eigenvalue weighted by Crippen LogP contribution is 2.35. The largest absolute Gasteiger partial charge is 0.486 e. The standard InChI is InChI=1S/C21H21N3O6/c25-20(22-11-14-1-3-17-18(9-14)30-13-29-17)12-23-5-6-24(21(23)26)15-2-4-16-19(10-15)28-8-7-27-16/h1-4,9-10H,5-8,11-13H2,(H,22,25). The molecular weight excluding hydrogens is 390 g/mol. The normalized spacial score (nSPS) is 16.7. The van der Waals surface area contributed by atoms with Crippen LogP contribution in [0.4, 0.5) is 10.5 Å². The Labute approximate surface area is 173 Å². The Hall–Kier alpha value is -3.62. The van der Waals surface area contributed by atoms with Crippen molar-refractivity contribution >= 4 is 17.6 Å². The lowest BCUT2D eigenvalue weighted by molar-refractivity contribution is -0.121. The quantitative estimate of drug-likeness (QED) is 0.806. The van der Waals surface area contributed by atoms with Crippen molar-refractivity contribution in [2.24, 2.45) is 0 Å². The summed E-state index contributed by atoms with van der Waals surface area (Å²) in [5, 5.41) is 2.85. The topological polar surface area (TPSA) is 89.6 Å². The Balaban J connectivity index is 1.17. The van der Waals surface area contributed by atoms with Crippen molar-refractivity contribution in [2.75, 3.05) is 44.5 Å². The van der Waals surface area contributed by atoms with Crippen molar-refractivity contribution in [1.29, 1.82) is 0 Å². The Morgan fingerprint density at radius 2 is 1.63 bits per heavy atom. The highest BCUT2D eigenvalue weighted by molar-refractivity contribution is 5.96. The van der Waals surface area contributed by atoms with Gasteiger partial charge in [-0.05, 0) is 29.8 Å². The van der Waals surface area contributed by atoms with Crippen LogP contribution in [0.15, 0.2) is 36.4 Å². The molecular formula is C21H21N3O6. The minimum Gasteiger partial charge on any atom is -0.486 e. The van der Waals surface area contributed by atoms with Gasteiger partial charge in [-0.1, -0.05) is 6.07 Å². The second kappa shape index (κ2) is 7.66. The minimum atomic E-state index is -0.218. The van der Waals surface area contributed by atoms with Crippen molar-refractivity contribution in [3.8, 4) is 23.0 Å². The summed E-state index contributed by atoms with van der Waals surface area (Å²) >= 11 is 0. The molecule has 5 rings (SSSR count). The number of carbonyl (C=O) groups excluding carboxylic acids is 2. The fourth-order valence-electron chi connectivity index (χ4n) is 3.65. The Bertz CT molecular complexity index is 995. The molecule has 3 heterocycles. The summed E-state index contributed by atoms with van der Waals surface area (Å²) in [6.07, 6.45) is 0. The third-order valence-corrected chi connectivity index (χ3v) is 5.19. The molecule has 0 bridgehead atoms. The number of nitrogens with zero attached hydrogens (tertiary/aromatic N) is 2. The van der Waals surface area contributed by atoms with Gasteiger partial charge in [0.05, 0.1) is 0 Å². The van der Waals surface area contributed by atoms with Crippen molar-refractivity contribution in [2.45, 2.75) is 6.54 Å². The summed E-state index contributed by atoms with van der Waals surface area (Å²) in [6, 6.07) is 10.8.